The highest BCUT2D eigenvalue weighted by molar-refractivity contribution is 9.10. The molecule has 2 aliphatic rings. The number of rotatable bonds is 1. The number of morpholine rings is 1. The van der Waals surface area contributed by atoms with Crippen molar-refractivity contribution in [1.29, 1.82) is 0 Å². The van der Waals surface area contributed by atoms with Gasteiger partial charge in [-0.25, -0.2) is 0 Å². The fourth-order valence-electron chi connectivity index (χ4n) is 1.99. The van der Waals surface area contributed by atoms with Gasteiger partial charge in [0, 0.05) is 6.54 Å². The summed E-state index contributed by atoms with van der Waals surface area (Å²) in [5.41, 5.74) is 0. The molecule has 2 fully saturated rings. The Bertz CT molecular complexity index is 236. The Balaban J connectivity index is 2.07. The van der Waals surface area contributed by atoms with Crippen molar-refractivity contribution in [3.63, 3.8) is 0 Å². The highest BCUT2D eigenvalue weighted by atomic mass is 79.9. The molecule has 0 aliphatic carbocycles. The number of hydrogen-bond acceptors (Lipinski definition) is 2. The summed E-state index contributed by atoms with van der Waals surface area (Å²) in [5, 5.41) is 0. The van der Waals surface area contributed by atoms with Crippen molar-refractivity contribution >= 4 is 21.8 Å². The maximum atomic E-state index is 11.9. The molecule has 2 rings (SSSR count). The van der Waals surface area contributed by atoms with Crippen molar-refractivity contribution in [3.05, 3.63) is 0 Å². The smallest absolute Gasteiger partial charge is 0.239 e. The predicted molar refractivity (Wildman–Crippen MR) is 52.9 cm³/mol. The molecule has 2 unspecified atom stereocenters. The van der Waals surface area contributed by atoms with E-state index in [1.165, 1.54) is 0 Å². The van der Waals surface area contributed by atoms with Crippen LogP contribution in [0.5, 0.6) is 0 Å². The van der Waals surface area contributed by atoms with E-state index in [0.29, 0.717) is 12.1 Å². The summed E-state index contributed by atoms with van der Waals surface area (Å²) in [6.07, 6.45) is 1.32. The first kappa shape index (κ1) is 9.46. The van der Waals surface area contributed by atoms with Gasteiger partial charge in [0.05, 0.1) is 23.1 Å². The van der Waals surface area contributed by atoms with E-state index in [-0.39, 0.29) is 5.91 Å². The van der Waals surface area contributed by atoms with Gasteiger partial charge in [-0.15, -0.1) is 0 Å². The highest BCUT2D eigenvalue weighted by Gasteiger charge is 2.44. The lowest BCUT2D eigenvalue weighted by atomic mass is 10.1. The van der Waals surface area contributed by atoms with E-state index in [2.05, 4.69) is 15.9 Å². The normalized spacial score (nSPS) is 32.7. The monoisotopic (exact) mass is 247 g/mol. The van der Waals surface area contributed by atoms with Gasteiger partial charge in [-0.05, 0) is 20.3 Å². The van der Waals surface area contributed by atoms with E-state index < -0.39 is 4.32 Å². The van der Waals surface area contributed by atoms with Gasteiger partial charge in [-0.3, -0.25) is 4.79 Å². The number of fused-ring (bicyclic) bond motifs is 2. The van der Waals surface area contributed by atoms with Crippen molar-refractivity contribution in [2.24, 2.45) is 0 Å². The van der Waals surface area contributed by atoms with E-state index >= 15 is 0 Å². The third kappa shape index (κ3) is 1.62. The minimum Gasteiger partial charge on any atom is -0.374 e. The minimum absolute atomic E-state index is 0.184. The highest BCUT2D eigenvalue weighted by Crippen LogP contribution is 2.31. The molecule has 13 heavy (non-hydrogen) atoms. The maximum absolute atomic E-state index is 11.9. The molecule has 2 bridgehead atoms. The van der Waals surface area contributed by atoms with Gasteiger partial charge in [0.2, 0.25) is 5.91 Å². The summed E-state index contributed by atoms with van der Waals surface area (Å²) in [7, 11) is 0. The van der Waals surface area contributed by atoms with Crippen molar-refractivity contribution in [2.45, 2.75) is 36.7 Å². The van der Waals surface area contributed by atoms with E-state index in [9.17, 15) is 4.79 Å². The fourth-order valence-corrected chi connectivity index (χ4v) is 2.22. The second kappa shape index (κ2) is 2.95. The average Bonchev–Trinajstić information content (AvgIpc) is 2.60. The lowest BCUT2D eigenvalue weighted by Crippen LogP contribution is -2.48. The SMILES string of the molecule is CC(C)(Br)C(=O)N1CC2CC1CO2. The lowest BCUT2D eigenvalue weighted by molar-refractivity contribution is -0.137. The summed E-state index contributed by atoms with van der Waals surface area (Å²) in [4.78, 5) is 13.8. The first-order valence-corrected chi connectivity index (χ1v) is 5.39. The predicted octanol–water partition coefficient (Wildman–Crippen LogP) is 1.16. The molecule has 0 saturated carbocycles. The summed E-state index contributed by atoms with van der Waals surface area (Å²) in [5.74, 6) is 0.184. The number of hydrogen-bond donors (Lipinski definition) is 0. The van der Waals surface area contributed by atoms with E-state index in [1.807, 2.05) is 18.7 Å². The Kier molecular flexibility index (Phi) is 2.15. The minimum atomic E-state index is -0.433. The van der Waals surface area contributed by atoms with Gasteiger partial charge in [-0.1, -0.05) is 15.9 Å². The van der Waals surface area contributed by atoms with Gasteiger partial charge in [0.15, 0.2) is 0 Å². The Morgan fingerprint density at radius 2 is 2.31 bits per heavy atom. The molecule has 2 heterocycles. The molecule has 0 aromatic heterocycles. The van der Waals surface area contributed by atoms with Crippen LogP contribution in [0.2, 0.25) is 0 Å². The number of nitrogens with zero attached hydrogens (tertiary/aromatic N) is 1. The number of ether oxygens (including phenoxy) is 1. The van der Waals surface area contributed by atoms with E-state index in [1.54, 1.807) is 0 Å². The maximum Gasteiger partial charge on any atom is 0.239 e. The molecule has 2 aliphatic heterocycles. The number of carbonyl (C=O) groups is 1. The van der Waals surface area contributed by atoms with Gasteiger partial charge < -0.3 is 9.64 Å². The van der Waals surface area contributed by atoms with Crippen LogP contribution >= 0.6 is 15.9 Å². The second-order valence-corrected chi connectivity index (χ2v) is 6.26. The molecular weight excluding hydrogens is 234 g/mol. The topological polar surface area (TPSA) is 29.5 Å². The molecule has 0 spiro atoms. The van der Waals surface area contributed by atoms with Crippen molar-refractivity contribution in [3.8, 4) is 0 Å². The Morgan fingerprint density at radius 3 is 2.69 bits per heavy atom. The third-order valence-electron chi connectivity index (χ3n) is 2.67. The fraction of sp³-hybridized carbons (Fsp3) is 0.889. The average molecular weight is 248 g/mol. The van der Waals surface area contributed by atoms with Crippen LogP contribution in [-0.4, -0.2) is 40.4 Å². The first-order chi connectivity index (χ1) is 5.98. The Labute approximate surface area is 86.5 Å². The summed E-state index contributed by atoms with van der Waals surface area (Å²) in [6, 6.07) is 0.328. The summed E-state index contributed by atoms with van der Waals surface area (Å²) < 4.78 is 5.00. The van der Waals surface area contributed by atoms with E-state index in [0.717, 1.165) is 19.6 Å². The molecule has 0 N–H and O–H groups in total. The quantitative estimate of drug-likeness (QED) is 0.652. The summed E-state index contributed by atoms with van der Waals surface area (Å²) >= 11 is 3.39. The van der Waals surface area contributed by atoms with Gasteiger partial charge >= 0.3 is 0 Å². The van der Waals surface area contributed by atoms with Crippen LogP contribution in [0.15, 0.2) is 0 Å². The van der Waals surface area contributed by atoms with Crippen LogP contribution in [0.4, 0.5) is 0 Å². The zero-order valence-corrected chi connectivity index (χ0v) is 9.50. The Hall–Kier alpha value is -0.0900. The number of amides is 1. The summed E-state index contributed by atoms with van der Waals surface area (Å²) in [6.45, 7) is 5.28. The van der Waals surface area contributed by atoms with E-state index in [4.69, 9.17) is 4.74 Å². The molecule has 0 radical (unpaired) electrons. The van der Waals surface area contributed by atoms with Crippen LogP contribution in [-0.2, 0) is 9.53 Å². The molecule has 0 aromatic carbocycles. The lowest BCUT2D eigenvalue weighted by Gasteiger charge is -2.31. The molecule has 74 valence electrons. The molecule has 2 saturated heterocycles. The van der Waals surface area contributed by atoms with Crippen molar-refractivity contribution in [2.75, 3.05) is 13.2 Å². The molecule has 4 heteroatoms. The van der Waals surface area contributed by atoms with Crippen molar-refractivity contribution < 1.29 is 9.53 Å². The Morgan fingerprint density at radius 1 is 1.62 bits per heavy atom. The first-order valence-electron chi connectivity index (χ1n) is 4.60. The molecular formula is C9H14BrNO2. The second-order valence-electron chi connectivity index (χ2n) is 4.27. The zero-order valence-electron chi connectivity index (χ0n) is 7.92. The van der Waals surface area contributed by atoms with Crippen LogP contribution in [0.1, 0.15) is 20.3 Å². The standard InChI is InChI=1S/C9H14BrNO2/c1-9(2,10)8(12)11-4-7-3-6(11)5-13-7/h6-7H,3-5H2,1-2H3. The number of alkyl halides is 1. The van der Waals surface area contributed by atoms with Crippen LogP contribution in [0.3, 0.4) is 0 Å². The van der Waals surface area contributed by atoms with Gasteiger partial charge in [-0.2, -0.15) is 0 Å². The zero-order chi connectivity index (χ0) is 9.64. The molecule has 0 aromatic rings. The number of halogens is 1. The number of likely N-dealkylation sites (tertiary alicyclic amines) is 1. The van der Waals surface area contributed by atoms with Crippen LogP contribution < -0.4 is 0 Å². The molecule has 2 atom stereocenters. The third-order valence-corrected chi connectivity index (χ3v) is 3.01. The van der Waals surface area contributed by atoms with Gasteiger partial charge in [0.25, 0.3) is 0 Å². The molecule has 3 nitrogen and oxygen atoms in total. The van der Waals surface area contributed by atoms with Crippen molar-refractivity contribution in [1.82, 2.24) is 4.90 Å². The van der Waals surface area contributed by atoms with Crippen LogP contribution in [0, 0.1) is 0 Å². The van der Waals surface area contributed by atoms with Gasteiger partial charge in [0.1, 0.15) is 0 Å². The van der Waals surface area contributed by atoms with Crippen LogP contribution in [0.25, 0.3) is 0 Å². The largest absolute Gasteiger partial charge is 0.374 e. The molecule has 1 amide bonds. The number of carbonyl (C=O) groups excluding carboxylic acids is 1.